The van der Waals surface area contributed by atoms with Crippen LogP contribution in [0.4, 0.5) is 11.4 Å². The molecule has 10 aromatic carbocycles. The monoisotopic (exact) mass is 925 g/mol. The summed E-state index contributed by atoms with van der Waals surface area (Å²) in [7, 11) is 0. The van der Waals surface area contributed by atoms with Gasteiger partial charge in [-0.15, -0.1) is 11.3 Å². The number of anilines is 2. The molecular weight excluding hydrogens is 875 g/mol. The van der Waals surface area contributed by atoms with Crippen molar-refractivity contribution >= 4 is 59.2 Å². The smallest absolute Gasteiger partial charge is 0.0676 e. The summed E-state index contributed by atoms with van der Waals surface area (Å²) >= 11 is 1.83. The van der Waals surface area contributed by atoms with Gasteiger partial charge in [0.25, 0.3) is 0 Å². The van der Waals surface area contributed by atoms with Gasteiger partial charge in [-0.3, -0.25) is 0 Å². The van der Waals surface area contributed by atoms with Gasteiger partial charge in [-0.05, 0) is 115 Å². The van der Waals surface area contributed by atoms with Crippen LogP contribution in [0.15, 0.2) is 242 Å². The standard InChI is InChI=1S/C69H51NS/c1-68(2,3)50-38-34-46(35-39-50)49-37-42-62(58(44-49)47-20-7-4-8-21-47)70(63-43-36-48-22-13-14-27-54(48)66(63)57-30-19-33-65-67(57)56-29-16-18-32-64(56)71-65)53-40-41-61-59(45-53)55-28-15-17-31-60(55)69(61,51-23-9-5-10-24-51)52-25-11-6-12-26-52/h4-18,20-29,31-39,42-45H,40-41H2,1-3H3. The van der Waals surface area contributed by atoms with Crippen molar-refractivity contribution in [2.75, 3.05) is 4.90 Å². The van der Waals surface area contributed by atoms with Crippen LogP contribution in [0.1, 0.15) is 61.4 Å². The second-order valence-electron chi connectivity index (χ2n) is 20.1. The highest BCUT2D eigenvalue weighted by Crippen LogP contribution is 2.59. The Bertz CT molecular complexity index is 3850. The van der Waals surface area contributed by atoms with Crippen molar-refractivity contribution in [2.24, 2.45) is 0 Å². The molecule has 2 heteroatoms. The first kappa shape index (κ1) is 42.8. The van der Waals surface area contributed by atoms with E-state index in [0.717, 1.165) is 35.3 Å². The molecule has 0 radical (unpaired) electrons. The largest absolute Gasteiger partial charge is 0.313 e. The summed E-state index contributed by atoms with van der Waals surface area (Å²) in [6.07, 6.45) is 4.25. The second-order valence-corrected chi connectivity index (χ2v) is 21.2. The molecule has 0 amide bonds. The normalized spacial score (nSPS) is 14.0. The third-order valence-electron chi connectivity index (χ3n) is 15.1. The summed E-state index contributed by atoms with van der Waals surface area (Å²) in [5.74, 6) is 0. The molecule has 1 nitrogen and oxygen atoms in total. The molecule has 11 aromatic rings. The zero-order chi connectivity index (χ0) is 47.7. The van der Waals surface area contributed by atoms with E-state index in [1.165, 1.54) is 97.9 Å². The number of allylic oxidation sites excluding steroid dienone is 4. The highest BCUT2D eigenvalue weighted by Gasteiger charge is 2.48. The molecule has 0 aliphatic heterocycles. The van der Waals surface area contributed by atoms with Crippen LogP contribution in [-0.2, 0) is 10.8 Å². The molecule has 71 heavy (non-hydrogen) atoms. The summed E-state index contributed by atoms with van der Waals surface area (Å²) in [5, 5.41) is 4.85. The average molecular weight is 926 g/mol. The van der Waals surface area contributed by atoms with E-state index >= 15 is 0 Å². The minimum Gasteiger partial charge on any atom is -0.313 e. The first-order valence-electron chi connectivity index (χ1n) is 24.9. The van der Waals surface area contributed by atoms with Crippen LogP contribution in [0.3, 0.4) is 0 Å². The van der Waals surface area contributed by atoms with Gasteiger partial charge in [-0.1, -0.05) is 227 Å². The van der Waals surface area contributed by atoms with Crippen molar-refractivity contribution in [3.63, 3.8) is 0 Å². The van der Waals surface area contributed by atoms with E-state index in [2.05, 4.69) is 268 Å². The topological polar surface area (TPSA) is 3.24 Å². The highest BCUT2D eigenvalue weighted by molar-refractivity contribution is 7.25. The Morgan fingerprint density at radius 2 is 1.15 bits per heavy atom. The number of thiophene rings is 1. The zero-order valence-corrected chi connectivity index (χ0v) is 41.0. The number of fused-ring (bicyclic) bond motifs is 6. The summed E-state index contributed by atoms with van der Waals surface area (Å²) in [6.45, 7) is 6.84. The Balaban J connectivity index is 1.12. The first-order chi connectivity index (χ1) is 34.9. The molecule has 1 aromatic heterocycles. The molecule has 0 bridgehead atoms. The Kier molecular flexibility index (Phi) is 10.3. The third kappa shape index (κ3) is 6.99. The van der Waals surface area contributed by atoms with Gasteiger partial charge in [-0.25, -0.2) is 0 Å². The third-order valence-corrected chi connectivity index (χ3v) is 16.2. The summed E-state index contributed by atoms with van der Waals surface area (Å²) in [5.41, 5.74) is 19.4. The van der Waals surface area contributed by atoms with Crippen molar-refractivity contribution in [3.8, 4) is 33.4 Å². The summed E-state index contributed by atoms with van der Waals surface area (Å²) < 4.78 is 2.48. The van der Waals surface area contributed by atoms with Crippen molar-refractivity contribution < 1.29 is 0 Å². The van der Waals surface area contributed by atoms with E-state index in [1.807, 2.05) is 11.3 Å². The Morgan fingerprint density at radius 3 is 1.90 bits per heavy atom. The predicted molar refractivity (Wildman–Crippen MR) is 302 cm³/mol. The highest BCUT2D eigenvalue weighted by atomic mass is 32.1. The fraction of sp³-hybridized carbons (Fsp3) is 0.101. The van der Waals surface area contributed by atoms with Crippen molar-refractivity contribution in [3.05, 3.63) is 282 Å². The van der Waals surface area contributed by atoms with E-state index in [4.69, 9.17) is 0 Å². The van der Waals surface area contributed by atoms with Gasteiger partial charge < -0.3 is 4.90 Å². The molecule has 0 N–H and O–H groups in total. The molecule has 0 fully saturated rings. The second kappa shape index (κ2) is 17.0. The van der Waals surface area contributed by atoms with E-state index < -0.39 is 5.41 Å². The lowest BCUT2D eigenvalue weighted by molar-refractivity contribution is 0.590. The molecule has 0 saturated carbocycles. The Hall–Kier alpha value is -8.22. The molecule has 338 valence electrons. The molecule has 1 heterocycles. The van der Waals surface area contributed by atoms with Gasteiger partial charge >= 0.3 is 0 Å². The number of benzene rings is 9. The molecule has 13 rings (SSSR count). The lowest BCUT2D eigenvalue weighted by atomic mass is 9.65. The lowest BCUT2D eigenvalue weighted by Crippen LogP contribution is -2.31. The Morgan fingerprint density at radius 1 is 0.521 bits per heavy atom. The minimum absolute atomic E-state index is 0.0647. The van der Waals surface area contributed by atoms with E-state index in [9.17, 15) is 0 Å². The van der Waals surface area contributed by atoms with Gasteiger partial charge in [0, 0.05) is 48.6 Å². The number of hydrogen-bond donors (Lipinski definition) is 0. The van der Waals surface area contributed by atoms with Crippen molar-refractivity contribution in [1.82, 2.24) is 0 Å². The van der Waals surface area contributed by atoms with E-state index in [-0.39, 0.29) is 5.41 Å². The molecule has 2 aliphatic carbocycles. The fourth-order valence-electron chi connectivity index (χ4n) is 11.8. The van der Waals surface area contributed by atoms with Gasteiger partial charge in [0.05, 0.1) is 16.8 Å². The van der Waals surface area contributed by atoms with Crippen molar-refractivity contribution in [1.29, 1.82) is 0 Å². The van der Waals surface area contributed by atoms with Crippen LogP contribution in [0, 0.1) is 12.1 Å². The average Bonchev–Trinajstić information content (AvgIpc) is 3.96. The molecule has 0 atom stereocenters. The van der Waals surface area contributed by atoms with Gasteiger partial charge in [-0.2, -0.15) is 0 Å². The van der Waals surface area contributed by atoms with Crippen LogP contribution < -0.4 is 4.90 Å². The molecule has 0 spiro atoms. The predicted octanol–water partition coefficient (Wildman–Crippen LogP) is 18.7. The van der Waals surface area contributed by atoms with Crippen LogP contribution in [0.25, 0.3) is 69.9 Å². The van der Waals surface area contributed by atoms with Crippen LogP contribution >= 0.6 is 11.3 Å². The maximum atomic E-state index is 3.76. The Labute approximate surface area is 421 Å². The minimum atomic E-state index is -0.435. The van der Waals surface area contributed by atoms with Crippen LogP contribution in [0.2, 0.25) is 0 Å². The summed E-state index contributed by atoms with van der Waals surface area (Å²) in [4.78, 5) is 2.62. The summed E-state index contributed by atoms with van der Waals surface area (Å²) in [6, 6.07) is 90.7. The van der Waals surface area contributed by atoms with E-state index in [0.29, 0.717) is 0 Å². The maximum absolute atomic E-state index is 3.76. The molecular formula is C69H51NS. The molecule has 0 saturated heterocycles. The van der Waals surface area contributed by atoms with Gasteiger partial charge in [0.1, 0.15) is 0 Å². The first-order valence-corrected chi connectivity index (χ1v) is 25.7. The number of nitrogens with zero attached hydrogens (tertiary/aromatic N) is 1. The van der Waals surface area contributed by atoms with E-state index in [1.54, 1.807) is 0 Å². The quantitative estimate of drug-likeness (QED) is 0.147. The lowest BCUT2D eigenvalue weighted by Gasteiger charge is -2.38. The van der Waals surface area contributed by atoms with Gasteiger partial charge in [0.15, 0.2) is 0 Å². The number of rotatable bonds is 8. The maximum Gasteiger partial charge on any atom is 0.0676 e. The van der Waals surface area contributed by atoms with Gasteiger partial charge in [0.2, 0.25) is 0 Å². The SMILES string of the molecule is CC(C)(C)c1ccc(-c2ccc(N(C3=CC4=C(CC3)C(c3ccccc3)(c3ccccc3)c3ccccc34)c3ccc4ccccc4c3-c3c#ccc4sc5ccccc5c34)c(-c3ccccc3)c2)cc1. The fourth-order valence-corrected chi connectivity index (χ4v) is 12.9. The zero-order valence-electron chi connectivity index (χ0n) is 40.2. The van der Waals surface area contributed by atoms with Crippen molar-refractivity contribution in [2.45, 2.75) is 44.4 Å². The van der Waals surface area contributed by atoms with Crippen LogP contribution in [-0.4, -0.2) is 0 Å². The van der Waals surface area contributed by atoms with Crippen LogP contribution in [0.5, 0.6) is 0 Å². The number of hydrogen-bond acceptors (Lipinski definition) is 2. The molecule has 2 aliphatic rings. The molecule has 0 unspecified atom stereocenters.